The van der Waals surface area contributed by atoms with E-state index in [4.69, 9.17) is 0 Å². The van der Waals surface area contributed by atoms with Crippen molar-refractivity contribution in [3.8, 4) is 0 Å². The van der Waals surface area contributed by atoms with Gasteiger partial charge >= 0.3 is 0 Å². The van der Waals surface area contributed by atoms with Gasteiger partial charge in [-0.05, 0) is 31.7 Å². The van der Waals surface area contributed by atoms with E-state index in [2.05, 4.69) is 5.10 Å². The molecule has 2 aromatic heterocycles. The highest BCUT2D eigenvalue weighted by Gasteiger charge is 2.23. The van der Waals surface area contributed by atoms with Gasteiger partial charge in [-0.1, -0.05) is 12.8 Å². The Morgan fingerprint density at radius 3 is 2.89 bits per heavy atom. The molecular formula is C14H19N3O2. The van der Waals surface area contributed by atoms with Crippen LogP contribution in [-0.4, -0.2) is 25.4 Å². The fourth-order valence-corrected chi connectivity index (χ4v) is 2.99. The van der Waals surface area contributed by atoms with E-state index < -0.39 is 6.10 Å². The fourth-order valence-electron chi connectivity index (χ4n) is 2.99. The molecule has 0 aromatic carbocycles. The largest absolute Gasteiger partial charge is 0.391 e. The lowest BCUT2D eigenvalue weighted by Crippen LogP contribution is -2.30. The number of aryl methyl sites for hydroxylation is 1. The van der Waals surface area contributed by atoms with Crippen molar-refractivity contribution in [1.82, 2.24) is 14.2 Å². The maximum absolute atomic E-state index is 12.3. The maximum atomic E-state index is 12.3. The van der Waals surface area contributed by atoms with Gasteiger partial charge in [0.1, 0.15) is 5.52 Å². The number of aliphatic hydroxyl groups excluding tert-OH is 1. The number of aromatic nitrogens is 3. The van der Waals surface area contributed by atoms with Crippen molar-refractivity contribution in [2.45, 2.75) is 45.3 Å². The second kappa shape index (κ2) is 4.81. The highest BCUT2D eigenvalue weighted by atomic mass is 16.3. The third-order valence-corrected chi connectivity index (χ3v) is 4.05. The molecule has 1 atom stereocenters. The number of nitrogens with zero attached hydrogens (tertiary/aromatic N) is 3. The summed E-state index contributed by atoms with van der Waals surface area (Å²) in [6.45, 7) is 2.24. The van der Waals surface area contributed by atoms with E-state index in [1.165, 1.54) is 12.8 Å². The fraction of sp³-hybridized carbons (Fsp3) is 0.571. The van der Waals surface area contributed by atoms with E-state index in [1.807, 2.05) is 6.92 Å². The lowest BCUT2D eigenvalue weighted by Gasteiger charge is -2.18. The van der Waals surface area contributed by atoms with Crippen LogP contribution in [0, 0.1) is 12.8 Å². The van der Waals surface area contributed by atoms with Crippen LogP contribution < -0.4 is 5.56 Å². The Hall–Kier alpha value is -1.62. The Bertz CT molecular complexity index is 638. The second-order valence-corrected chi connectivity index (χ2v) is 5.48. The first-order valence-corrected chi connectivity index (χ1v) is 6.88. The standard InChI is InChI=1S/C14H19N3O2/c1-10-8-12-14(19)16(6-7-17(12)15-10)9-13(18)11-4-2-3-5-11/h6-8,11,13,18H,2-5,9H2,1H3. The maximum Gasteiger partial charge on any atom is 0.276 e. The molecule has 2 aromatic rings. The molecule has 1 unspecified atom stereocenters. The first-order valence-electron chi connectivity index (χ1n) is 6.88. The quantitative estimate of drug-likeness (QED) is 0.907. The average molecular weight is 261 g/mol. The number of hydrogen-bond donors (Lipinski definition) is 1. The molecule has 0 bridgehead atoms. The summed E-state index contributed by atoms with van der Waals surface area (Å²) in [4.78, 5) is 12.3. The van der Waals surface area contributed by atoms with Crippen molar-refractivity contribution in [1.29, 1.82) is 0 Å². The van der Waals surface area contributed by atoms with Gasteiger partial charge < -0.3 is 9.67 Å². The molecule has 1 saturated carbocycles. The van der Waals surface area contributed by atoms with E-state index in [-0.39, 0.29) is 5.56 Å². The molecule has 1 aliphatic carbocycles. The molecule has 0 saturated heterocycles. The Kier molecular flexibility index (Phi) is 3.14. The van der Waals surface area contributed by atoms with Crippen molar-refractivity contribution >= 4 is 5.52 Å². The zero-order valence-corrected chi connectivity index (χ0v) is 11.1. The highest BCUT2D eigenvalue weighted by molar-refractivity contribution is 5.44. The first kappa shape index (κ1) is 12.4. The number of rotatable bonds is 3. The minimum absolute atomic E-state index is 0.0832. The van der Waals surface area contributed by atoms with E-state index in [1.54, 1.807) is 27.5 Å². The van der Waals surface area contributed by atoms with E-state index in [0.717, 1.165) is 18.5 Å². The molecule has 3 rings (SSSR count). The van der Waals surface area contributed by atoms with Crippen molar-refractivity contribution in [3.63, 3.8) is 0 Å². The van der Waals surface area contributed by atoms with Gasteiger partial charge in [-0.2, -0.15) is 5.10 Å². The molecule has 1 N–H and O–H groups in total. The Balaban J connectivity index is 1.88. The molecular weight excluding hydrogens is 242 g/mol. The Morgan fingerprint density at radius 2 is 2.16 bits per heavy atom. The van der Waals surface area contributed by atoms with Crippen molar-refractivity contribution in [2.24, 2.45) is 5.92 Å². The van der Waals surface area contributed by atoms with E-state index in [0.29, 0.717) is 18.0 Å². The van der Waals surface area contributed by atoms with Crippen molar-refractivity contribution in [2.75, 3.05) is 0 Å². The summed E-state index contributed by atoms with van der Waals surface area (Å²) in [6.07, 6.45) is 7.58. The van der Waals surface area contributed by atoms with Crippen LogP contribution >= 0.6 is 0 Å². The van der Waals surface area contributed by atoms with Gasteiger partial charge in [0.05, 0.1) is 18.3 Å². The van der Waals surface area contributed by atoms with Crippen LogP contribution in [0.2, 0.25) is 0 Å². The van der Waals surface area contributed by atoms with Crippen LogP contribution in [0.25, 0.3) is 5.52 Å². The number of fused-ring (bicyclic) bond motifs is 1. The Labute approximate surface area is 111 Å². The van der Waals surface area contributed by atoms with Gasteiger partial charge in [-0.25, -0.2) is 4.52 Å². The smallest absolute Gasteiger partial charge is 0.276 e. The molecule has 0 aliphatic heterocycles. The molecule has 0 radical (unpaired) electrons. The summed E-state index contributed by atoms with van der Waals surface area (Å²) in [5.41, 5.74) is 1.31. The van der Waals surface area contributed by atoms with Crippen LogP contribution in [0.4, 0.5) is 0 Å². The summed E-state index contributed by atoms with van der Waals surface area (Å²) in [5, 5.41) is 14.4. The van der Waals surface area contributed by atoms with Gasteiger partial charge in [0, 0.05) is 12.4 Å². The lowest BCUT2D eigenvalue weighted by atomic mass is 10.0. The third kappa shape index (κ3) is 2.30. The molecule has 0 spiro atoms. The average Bonchev–Trinajstić information content (AvgIpc) is 3.01. The van der Waals surface area contributed by atoms with E-state index in [9.17, 15) is 9.90 Å². The summed E-state index contributed by atoms with van der Waals surface area (Å²) in [6, 6.07) is 1.78. The summed E-state index contributed by atoms with van der Waals surface area (Å²) in [5.74, 6) is 0.342. The topological polar surface area (TPSA) is 59.5 Å². The molecule has 1 aliphatic rings. The molecule has 19 heavy (non-hydrogen) atoms. The van der Waals surface area contributed by atoms with Crippen LogP contribution in [0.3, 0.4) is 0 Å². The number of hydrogen-bond acceptors (Lipinski definition) is 3. The monoisotopic (exact) mass is 261 g/mol. The predicted octanol–water partition coefficient (Wildman–Crippen LogP) is 1.36. The molecule has 1 fully saturated rings. The van der Waals surface area contributed by atoms with Crippen LogP contribution in [0.1, 0.15) is 31.4 Å². The molecule has 5 heteroatoms. The van der Waals surface area contributed by atoms with Gasteiger partial charge in [-0.15, -0.1) is 0 Å². The van der Waals surface area contributed by atoms with Gasteiger partial charge in [0.25, 0.3) is 5.56 Å². The molecule has 102 valence electrons. The Morgan fingerprint density at radius 1 is 1.42 bits per heavy atom. The lowest BCUT2D eigenvalue weighted by molar-refractivity contribution is 0.0921. The third-order valence-electron chi connectivity index (χ3n) is 4.05. The SMILES string of the molecule is Cc1cc2c(=O)n(CC(O)C3CCCC3)ccn2n1. The summed E-state index contributed by atoms with van der Waals surface area (Å²) < 4.78 is 3.19. The van der Waals surface area contributed by atoms with E-state index >= 15 is 0 Å². The number of aliphatic hydroxyl groups is 1. The first-order chi connectivity index (χ1) is 9.15. The molecule has 5 nitrogen and oxygen atoms in total. The highest BCUT2D eigenvalue weighted by Crippen LogP contribution is 2.28. The minimum Gasteiger partial charge on any atom is -0.391 e. The zero-order valence-electron chi connectivity index (χ0n) is 11.1. The zero-order chi connectivity index (χ0) is 13.4. The van der Waals surface area contributed by atoms with Gasteiger partial charge in [0.2, 0.25) is 0 Å². The summed E-state index contributed by atoms with van der Waals surface area (Å²) in [7, 11) is 0. The normalized spacial score (nSPS) is 18.2. The second-order valence-electron chi connectivity index (χ2n) is 5.48. The summed E-state index contributed by atoms with van der Waals surface area (Å²) >= 11 is 0. The van der Waals surface area contributed by atoms with Crippen LogP contribution in [-0.2, 0) is 6.54 Å². The molecule has 2 heterocycles. The predicted molar refractivity (Wildman–Crippen MR) is 72.2 cm³/mol. The van der Waals surface area contributed by atoms with Crippen molar-refractivity contribution in [3.05, 3.63) is 34.5 Å². The van der Waals surface area contributed by atoms with Crippen molar-refractivity contribution < 1.29 is 5.11 Å². The molecule has 0 amide bonds. The minimum atomic E-state index is -0.424. The van der Waals surface area contributed by atoms with Crippen LogP contribution in [0.5, 0.6) is 0 Å². The van der Waals surface area contributed by atoms with Crippen LogP contribution in [0.15, 0.2) is 23.3 Å². The van der Waals surface area contributed by atoms with Gasteiger partial charge in [0.15, 0.2) is 0 Å². The van der Waals surface area contributed by atoms with Gasteiger partial charge in [-0.3, -0.25) is 4.79 Å².